The molecule has 128 valence electrons. The molecule has 2 unspecified atom stereocenters. The van der Waals surface area contributed by atoms with Crippen molar-refractivity contribution in [2.75, 3.05) is 18.4 Å². The summed E-state index contributed by atoms with van der Waals surface area (Å²) in [6.45, 7) is 6.19. The van der Waals surface area contributed by atoms with Crippen molar-refractivity contribution in [3.63, 3.8) is 0 Å². The number of hydrogen-bond donors (Lipinski definition) is 1. The lowest BCUT2D eigenvalue weighted by molar-refractivity contribution is 0.0125. The molecule has 1 amide bonds. The van der Waals surface area contributed by atoms with Crippen LogP contribution in [0, 0.1) is 0 Å². The van der Waals surface area contributed by atoms with Gasteiger partial charge in [0.25, 0.3) is 0 Å². The van der Waals surface area contributed by atoms with Crippen LogP contribution in [0.1, 0.15) is 39.5 Å². The van der Waals surface area contributed by atoms with Crippen LogP contribution in [0.3, 0.4) is 0 Å². The molecule has 1 saturated carbocycles. The van der Waals surface area contributed by atoms with E-state index in [4.69, 9.17) is 27.9 Å². The number of rotatable bonds is 5. The van der Waals surface area contributed by atoms with E-state index in [2.05, 4.69) is 24.1 Å². The number of likely N-dealkylation sites (N-methyl/N-ethyl adjacent to an activating group) is 1. The highest BCUT2D eigenvalue weighted by atomic mass is 35.5. The van der Waals surface area contributed by atoms with Crippen LogP contribution in [0.2, 0.25) is 10.0 Å². The summed E-state index contributed by atoms with van der Waals surface area (Å²) < 4.78 is 5.69. The molecule has 4 nitrogen and oxygen atoms in total. The summed E-state index contributed by atoms with van der Waals surface area (Å²) in [6, 6.07) is 5.38. The second kappa shape index (κ2) is 8.76. The number of halogens is 2. The lowest BCUT2D eigenvalue weighted by atomic mass is 9.91. The molecule has 1 N–H and O–H groups in total. The van der Waals surface area contributed by atoms with Gasteiger partial charge in [0.1, 0.15) is 6.10 Å². The van der Waals surface area contributed by atoms with E-state index in [1.54, 1.807) is 18.2 Å². The molecule has 0 heterocycles. The van der Waals surface area contributed by atoms with Crippen LogP contribution in [0.25, 0.3) is 0 Å². The minimum atomic E-state index is -0.496. The minimum Gasteiger partial charge on any atom is -0.444 e. The van der Waals surface area contributed by atoms with Crippen LogP contribution in [0.4, 0.5) is 10.5 Å². The van der Waals surface area contributed by atoms with Crippen LogP contribution in [0.15, 0.2) is 18.2 Å². The second-order valence-corrected chi connectivity index (χ2v) is 6.55. The fourth-order valence-electron chi connectivity index (χ4n) is 3.21. The Morgan fingerprint density at radius 3 is 2.43 bits per heavy atom. The normalized spacial score (nSPS) is 21.3. The first kappa shape index (κ1) is 18.4. The van der Waals surface area contributed by atoms with Crippen LogP contribution in [-0.2, 0) is 4.74 Å². The van der Waals surface area contributed by atoms with Crippen LogP contribution in [0.5, 0.6) is 0 Å². The molecular formula is C17H24Cl2N2O2. The fraction of sp³-hybridized carbons (Fsp3) is 0.588. The van der Waals surface area contributed by atoms with Gasteiger partial charge in [-0.05, 0) is 44.5 Å². The summed E-state index contributed by atoms with van der Waals surface area (Å²) in [5.74, 6) is 0. The molecule has 1 fully saturated rings. The van der Waals surface area contributed by atoms with Crippen molar-refractivity contribution in [1.29, 1.82) is 0 Å². The summed E-state index contributed by atoms with van der Waals surface area (Å²) in [5, 5.41) is 3.48. The molecule has 1 aromatic carbocycles. The summed E-state index contributed by atoms with van der Waals surface area (Å²) in [5.41, 5.74) is 0.399. The summed E-state index contributed by atoms with van der Waals surface area (Å²) >= 11 is 12.2. The number of nitrogens with one attached hydrogen (secondary N) is 1. The third-order valence-corrected chi connectivity index (χ3v) is 5.03. The van der Waals surface area contributed by atoms with Crippen molar-refractivity contribution in [3.05, 3.63) is 28.2 Å². The average molecular weight is 359 g/mol. The zero-order chi connectivity index (χ0) is 16.8. The largest absolute Gasteiger partial charge is 0.444 e. The Morgan fingerprint density at radius 2 is 1.83 bits per heavy atom. The van der Waals surface area contributed by atoms with Crippen molar-refractivity contribution in [3.8, 4) is 0 Å². The summed E-state index contributed by atoms with van der Waals surface area (Å²) in [6.07, 6.45) is 3.63. The van der Waals surface area contributed by atoms with E-state index in [-0.39, 0.29) is 12.1 Å². The highest BCUT2D eigenvalue weighted by molar-refractivity contribution is 6.39. The third kappa shape index (κ3) is 4.75. The van der Waals surface area contributed by atoms with Crippen LogP contribution < -0.4 is 5.32 Å². The van der Waals surface area contributed by atoms with E-state index in [0.717, 1.165) is 32.4 Å². The molecule has 0 aromatic heterocycles. The quantitative estimate of drug-likeness (QED) is 0.786. The van der Waals surface area contributed by atoms with E-state index in [1.165, 1.54) is 6.42 Å². The van der Waals surface area contributed by atoms with Gasteiger partial charge in [0.15, 0.2) is 0 Å². The van der Waals surface area contributed by atoms with Gasteiger partial charge in [-0.3, -0.25) is 10.2 Å². The number of anilines is 1. The Morgan fingerprint density at radius 1 is 1.22 bits per heavy atom. The Labute approximate surface area is 148 Å². The lowest BCUT2D eigenvalue weighted by Crippen LogP contribution is -2.47. The van der Waals surface area contributed by atoms with Crippen molar-refractivity contribution >= 4 is 35.0 Å². The van der Waals surface area contributed by atoms with Gasteiger partial charge in [0.2, 0.25) is 0 Å². The smallest absolute Gasteiger partial charge is 0.412 e. The van der Waals surface area contributed by atoms with Crippen LogP contribution in [-0.4, -0.2) is 36.2 Å². The molecule has 6 heteroatoms. The SMILES string of the molecule is CCN(CC)C1CCCCC1OC(=O)Nc1c(Cl)cccc1Cl. The van der Waals surface area contributed by atoms with Gasteiger partial charge in [-0.25, -0.2) is 4.79 Å². The third-order valence-electron chi connectivity index (χ3n) is 4.40. The summed E-state index contributed by atoms with van der Waals surface area (Å²) in [7, 11) is 0. The molecule has 0 spiro atoms. The number of nitrogens with zero attached hydrogens (tertiary/aromatic N) is 1. The Bertz CT molecular complexity index is 515. The topological polar surface area (TPSA) is 41.6 Å². The van der Waals surface area contributed by atoms with Gasteiger partial charge >= 0.3 is 6.09 Å². The lowest BCUT2D eigenvalue weighted by Gasteiger charge is -2.38. The zero-order valence-electron chi connectivity index (χ0n) is 13.6. The maximum Gasteiger partial charge on any atom is 0.412 e. The van der Waals surface area contributed by atoms with E-state index < -0.39 is 6.09 Å². The first-order valence-corrected chi connectivity index (χ1v) is 8.98. The second-order valence-electron chi connectivity index (χ2n) is 5.74. The molecule has 0 radical (unpaired) electrons. The van der Waals surface area contributed by atoms with E-state index >= 15 is 0 Å². The zero-order valence-corrected chi connectivity index (χ0v) is 15.2. The average Bonchev–Trinajstić information content (AvgIpc) is 2.54. The maximum absolute atomic E-state index is 12.3. The number of ether oxygens (including phenoxy) is 1. The van der Waals surface area contributed by atoms with Gasteiger partial charge in [0, 0.05) is 6.04 Å². The van der Waals surface area contributed by atoms with Gasteiger partial charge in [0.05, 0.1) is 15.7 Å². The highest BCUT2D eigenvalue weighted by Crippen LogP contribution is 2.31. The molecular weight excluding hydrogens is 335 g/mol. The van der Waals surface area contributed by atoms with Crippen LogP contribution >= 0.6 is 23.2 Å². The Kier molecular flexibility index (Phi) is 7.00. The molecule has 0 aliphatic heterocycles. The molecule has 23 heavy (non-hydrogen) atoms. The number of carbonyl (C=O) groups excluding carboxylic acids is 1. The monoisotopic (exact) mass is 358 g/mol. The van der Waals surface area contributed by atoms with Gasteiger partial charge in [-0.15, -0.1) is 0 Å². The standard InChI is InChI=1S/C17H24Cl2N2O2/c1-3-21(4-2)14-10-5-6-11-15(14)23-17(22)20-16-12(18)8-7-9-13(16)19/h7-9,14-15H,3-6,10-11H2,1-2H3,(H,20,22). The highest BCUT2D eigenvalue weighted by Gasteiger charge is 2.31. The van der Waals surface area contributed by atoms with Gasteiger partial charge < -0.3 is 4.74 Å². The Hall–Kier alpha value is -0.970. The minimum absolute atomic E-state index is 0.0927. The predicted molar refractivity (Wildman–Crippen MR) is 95.5 cm³/mol. The number of carbonyl (C=O) groups is 1. The predicted octanol–water partition coefficient (Wildman–Crippen LogP) is 5.19. The molecule has 2 rings (SSSR count). The van der Waals surface area contributed by atoms with E-state index in [9.17, 15) is 4.79 Å². The first-order chi connectivity index (χ1) is 11.1. The number of amides is 1. The maximum atomic E-state index is 12.3. The molecule has 1 aliphatic carbocycles. The van der Waals surface area contributed by atoms with Gasteiger partial charge in [-0.1, -0.05) is 49.5 Å². The first-order valence-electron chi connectivity index (χ1n) is 8.22. The molecule has 0 bridgehead atoms. The van der Waals surface area contributed by atoms with E-state index in [0.29, 0.717) is 15.7 Å². The molecule has 2 atom stereocenters. The van der Waals surface area contributed by atoms with Crippen molar-refractivity contribution in [1.82, 2.24) is 4.90 Å². The number of hydrogen-bond acceptors (Lipinski definition) is 3. The van der Waals surface area contributed by atoms with Gasteiger partial charge in [-0.2, -0.15) is 0 Å². The molecule has 0 saturated heterocycles. The molecule has 1 aliphatic rings. The summed E-state index contributed by atoms with van der Waals surface area (Å²) in [4.78, 5) is 14.6. The fourth-order valence-corrected chi connectivity index (χ4v) is 3.70. The number of para-hydroxylation sites is 1. The molecule has 1 aromatic rings. The number of benzene rings is 1. The Balaban J connectivity index is 2.02. The van der Waals surface area contributed by atoms with Crippen molar-refractivity contribution in [2.45, 2.75) is 51.7 Å². The van der Waals surface area contributed by atoms with Crippen molar-refractivity contribution < 1.29 is 9.53 Å². The van der Waals surface area contributed by atoms with Crippen molar-refractivity contribution in [2.24, 2.45) is 0 Å². The van der Waals surface area contributed by atoms with E-state index in [1.807, 2.05) is 0 Å².